The monoisotopic (exact) mass is 414 g/mol. The largest absolute Gasteiger partial charge is 0.346 e. The van der Waals surface area contributed by atoms with Crippen LogP contribution in [0.1, 0.15) is 28.3 Å². The van der Waals surface area contributed by atoms with Crippen molar-refractivity contribution in [3.63, 3.8) is 0 Å². The molecule has 2 amide bonds. The predicted molar refractivity (Wildman–Crippen MR) is 119 cm³/mol. The molecule has 0 radical (unpaired) electrons. The minimum absolute atomic E-state index is 0.0621. The summed E-state index contributed by atoms with van der Waals surface area (Å²) in [6, 6.07) is 21.8. The molecule has 1 atom stereocenters. The van der Waals surface area contributed by atoms with Gasteiger partial charge in [-0.25, -0.2) is 0 Å². The van der Waals surface area contributed by atoms with Gasteiger partial charge in [0.2, 0.25) is 0 Å². The van der Waals surface area contributed by atoms with Crippen LogP contribution in [-0.4, -0.2) is 34.8 Å². The van der Waals surface area contributed by atoms with Crippen LogP contribution in [0, 0.1) is 0 Å². The lowest BCUT2D eigenvalue weighted by Gasteiger charge is -2.35. The molecule has 0 bridgehead atoms. The molecule has 1 aliphatic heterocycles. The molecular weight excluding hydrogens is 388 g/mol. The summed E-state index contributed by atoms with van der Waals surface area (Å²) < 4.78 is 0. The van der Waals surface area contributed by atoms with E-state index in [-0.39, 0.29) is 6.04 Å². The molecule has 2 N–H and O–H groups in total. The fourth-order valence-corrected chi connectivity index (χ4v) is 3.94. The highest BCUT2D eigenvalue weighted by atomic mass is 16.2. The lowest BCUT2D eigenvalue weighted by atomic mass is 9.97. The molecule has 3 aromatic rings. The molecule has 6 nitrogen and oxygen atoms in total. The molecule has 6 heteroatoms. The van der Waals surface area contributed by atoms with E-state index in [0.717, 1.165) is 30.6 Å². The third-order valence-electron chi connectivity index (χ3n) is 5.63. The standard InChI is InChI=1S/C25H26N4O2/c30-24(27-15-19-7-2-1-3-8-19)25(31)28-17-23(21-11-6-13-26-16-21)29-14-12-20-9-4-5-10-22(20)18-29/h1-11,13,16,23H,12,14-15,17-18H2,(H,27,30)(H,28,31)/t23-/m1/s1. The van der Waals surface area contributed by atoms with E-state index in [1.54, 1.807) is 6.20 Å². The quantitative estimate of drug-likeness (QED) is 0.608. The molecule has 1 aliphatic rings. The zero-order chi connectivity index (χ0) is 21.5. The minimum Gasteiger partial charge on any atom is -0.346 e. The second-order valence-corrected chi connectivity index (χ2v) is 7.67. The summed E-state index contributed by atoms with van der Waals surface area (Å²) in [5.41, 5.74) is 4.64. The van der Waals surface area contributed by atoms with Crippen molar-refractivity contribution in [2.75, 3.05) is 13.1 Å². The molecule has 158 valence electrons. The highest BCUT2D eigenvalue weighted by molar-refractivity contribution is 6.35. The number of fused-ring (bicyclic) bond motifs is 1. The smallest absolute Gasteiger partial charge is 0.309 e. The summed E-state index contributed by atoms with van der Waals surface area (Å²) >= 11 is 0. The Bertz CT molecular complexity index is 1020. The summed E-state index contributed by atoms with van der Waals surface area (Å²) in [4.78, 5) is 31.3. The maximum Gasteiger partial charge on any atom is 0.309 e. The third kappa shape index (κ3) is 5.35. The van der Waals surface area contributed by atoms with Crippen molar-refractivity contribution >= 4 is 11.8 Å². The lowest BCUT2D eigenvalue weighted by molar-refractivity contribution is -0.139. The Labute approximate surface area is 182 Å². The van der Waals surface area contributed by atoms with Crippen LogP contribution in [0.4, 0.5) is 0 Å². The first-order chi connectivity index (χ1) is 15.2. The van der Waals surface area contributed by atoms with Gasteiger partial charge in [-0.05, 0) is 34.7 Å². The van der Waals surface area contributed by atoms with E-state index in [1.165, 1.54) is 11.1 Å². The lowest BCUT2D eigenvalue weighted by Crippen LogP contribution is -2.45. The fraction of sp³-hybridized carbons (Fsp3) is 0.240. The molecule has 4 rings (SSSR count). The fourth-order valence-electron chi connectivity index (χ4n) is 3.94. The second-order valence-electron chi connectivity index (χ2n) is 7.67. The molecular formula is C25H26N4O2. The molecule has 0 aliphatic carbocycles. The molecule has 2 aromatic carbocycles. The number of carbonyl (C=O) groups is 2. The number of hydrogen-bond acceptors (Lipinski definition) is 4. The Morgan fingerprint density at radius 1 is 0.903 bits per heavy atom. The van der Waals surface area contributed by atoms with Gasteiger partial charge in [0.15, 0.2) is 0 Å². The molecule has 0 spiro atoms. The summed E-state index contributed by atoms with van der Waals surface area (Å²) in [7, 11) is 0. The number of carbonyl (C=O) groups excluding carboxylic acids is 2. The van der Waals surface area contributed by atoms with Crippen LogP contribution < -0.4 is 10.6 Å². The van der Waals surface area contributed by atoms with E-state index in [4.69, 9.17) is 0 Å². The van der Waals surface area contributed by atoms with Crippen molar-refractivity contribution in [1.29, 1.82) is 0 Å². The van der Waals surface area contributed by atoms with Crippen molar-refractivity contribution in [2.45, 2.75) is 25.6 Å². The minimum atomic E-state index is -0.627. The summed E-state index contributed by atoms with van der Waals surface area (Å²) in [5.74, 6) is -1.25. The van der Waals surface area contributed by atoms with Gasteiger partial charge in [-0.3, -0.25) is 19.5 Å². The van der Waals surface area contributed by atoms with Crippen molar-refractivity contribution in [3.8, 4) is 0 Å². The number of nitrogens with one attached hydrogen (secondary N) is 2. The topological polar surface area (TPSA) is 74.3 Å². The number of pyridine rings is 1. The first-order valence-electron chi connectivity index (χ1n) is 10.5. The van der Waals surface area contributed by atoms with Crippen LogP contribution in [0.15, 0.2) is 79.1 Å². The van der Waals surface area contributed by atoms with Crippen LogP contribution in [0.3, 0.4) is 0 Å². The zero-order valence-electron chi connectivity index (χ0n) is 17.3. The molecule has 2 heterocycles. The number of amides is 2. The van der Waals surface area contributed by atoms with E-state index in [0.29, 0.717) is 13.1 Å². The Balaban J connectivity index is 1.40. The normalized spacial score (nSPS) is 14.3. The van der Waals surface area contributed by atoms with Crippen LogP contribution in [0.2, 0.25) is 0 Å². The first kappa shape index (κ1) is 20.8. The number of hydrogen-bond donors (Lipinski definition) is 2. The van der Waals surface area contributed by atoms with Gasteiger partial charge in [-0.15, -0.1) is 0 Å². The predicted octanol–water partition coefficient (Wildman–Crippen LogP) is 2.61. The summed E-state index contributed by atoms with van der Waals surface area (Å²) in [6.07, 6.45) is 4.52. The SMILES string of the molecule is O=C(NCc1ccccc1)C(=O)NC[C@H](c1cccnc1)N1CCc2ccccc2C1. The Morgan fingerprint density at radius 3 is 2.42 bits per heavy atom. The van der Waals surface area contributed by atoms with E-state index >= 15 is 0 Å². The third-order valence-corrected chi connectivity index (χ3v) is 5.63. The van der Waals surface area contributed by atoms with E-state index < -0.39 is 11.8 Å². The Hall–Kier alpha value is -3.51. The van der Waals surface area contributed by atoms with Gasteiger partial charge >= 0.3 is 11.8 Å². The average Bonchev–Trinajstić information content (AvgIpc) is 2.83. The highest BCUT2D eigenvalue weighted by Crippen LogP contribution is 2.27. The van der Waals surface area contributed by atoms with Crippen LogP contribution >= 0.6 is 0 Å². The zero-order valence-corrected chi connectivity index (χ0v) is 17.3. The maximum absolute atomic E-state index is 12.4. The molecule has 0 saturated heterocycles. The van der Waals surface area contributed by atoms with Gasteiger partial charge < -0.3 is 10.6 Å². The number of aromatic nitrogens is 1. The van der Waals surface area contributed by atoms with Gasteiger partial charge in [0, 0.05) is 38.6 Å². The van der Waals surface area contributed by atoms with Crippen LogP contribution in [-0.2, 0) is 29.1 Å². The van der Waals surface area contributed by atoms with Crippen LogP contribution in [0.5, 0.6) is 0 Å². The number of nitrogens with zero attached hydrogens (tertiary/aromatic N) is 2. The number of rotatable bonds is 6. The average molecular weight is 415 g/mol. The molecule has 31 heavy (non-hydrogen) atoms. The van der Waals surface area contributed by atoms with Crippen molar-refractivity contribution in [2.24, 2.45) is 0 Å². The Kier molecular flexibility index (Phi) is 6.69. The van der Waals surface area contributed by atoms with Gasteiger partial charge in [-0.1, -0.05) is 60.7 Å². The molecule has 0 saturated carbocycles. The maximum atomic E-state index is 12.4. The van der Waals surface area contributed by atoms with Gasteiger partial charge in [0.25, 0.3) is 0 Å². The molecule has 0 unspecified atom stereocenters. The van der Waals surface area contributed by atoms with Crippen molar-refractivity contribution in [1.82, 2.24) is 20.5 Å². The van der Waals surface area contributed by atoms with Crippen molar-refractivity contribution < 1.29 is 9.59 Å². The van der Waals surface area contributed by atoms with E-state index in [1.807, 2.05) is 48.7 Å². The molecule has 0 fully saturated rings. The van der Waals surface area contributed by atoms with Crippen LogP contribution in [0.25, 0.3) is 0 Å². The van der Waals surface area contributed by atoms with Gasteiger partial charge in [0.05, 0.1) is 6.04 Å². The summed E-state index contributed by atoms with van der Waals surface area (Å²) in [5, 5.41) is 5.50. The van der Waals surface area contributed by atoms with E-state index in [2.05, 4.69) is 44.8 Å². The highest BCUT2D eigenvalue weighted by Gasteiger charge is 2.26. The second kappa shape index (κ2) is 10.00. The first-order valence-corrected chi connectivity index (χ1v) is 10.5. The van der Waals surface area contributed by atoms with Gasteiger partial charge in [-0.2, -0.15) is 0 Å². The number of benzene rings is 2. The van der Waals surface area contributed by atoms with E-state index in [9.17, 15) is 9.59 Å². The van der Waals surface area contributed by atoms with Gasteiger partial charge in [0.1, 0.15) is 0 Å². The molecule has 1 aromatic heterocycles. The van der Waals surface area contributed by atoms with Crippen molar-refractivity contribution in [3.05, 3.63) is 101 Å². The summed E-state index contributed by atoms with van der Waals surface area (Å²) in [6.45, 7) is 2.34. The Morgan fingerprint density at radius 2 is 1.65 bits per heavy atom.